The number of hydrogen-bond acceptors (Lipinski definition) is 7. The van der Waals surface area contributed by atoms with Crippen LogP contribution in [0.4, 0.5) is 22.1 Å². The fraction of sp³-hybridized carbons (Fsp3) is 0.450. The van der Waals surface area contributed by atoms with Crippen molar-refractivity contribution in [3.63, 3.8) is 0 Å². The van der Waals surface area contributed by atoms with Crippen molar-refractivity contribution < 1.29 is 14.3 Å². The molecule has 0 bridgehead atoms. The Morgan fingerprint density at radius 2 is 1.86 bits per heavy atom. The predicted molar refractivity (Wildman–Crippen MR) is 108 cm³/mol. The summed E-state index contributed by atoms with van der Waals surface area (Å²) in [6, 6.07) is 9.83. The van der Waals surface area contributed by atoms with Crippen LogP contribution in [-0.2, 0) is 4.74 Å². The Hall–Kier alpha value is -3.03. The Balaban J connectivity index is 1.59. The van der Waals surface area contributed by atoms with Crippen LogP contribution in [0.5, 0.6) is 5.75 Å². The van der Waals surface area contributed by atoms with E-state index < -0.39 is 0 Å². The van der Waals surface area contributed by atoms with Crippen LogP contribution >= 0.6 is 0 Å². The molecule has 0 spiro atoms. The number of ether oxygens (including phenoxy) is 2. The standard InChI is InChI=1S/C20H27N5O3/c1-4-28-20(26)25-11-9-16(10-12-25)24-19-13-18(21-14(2)22-19)23-15-5-7-17(27-3)8-6-15/h5-8,13,16H,4,9-12H2,1-3H3,(H2,21,22,23,24). The number of aromatic nitrogens is 2. The minimum absolute atomic E-state index is 0.232. The summed E-state index contributed by atoms with van der Waals surface area (Å²) < 4.78 is 10.2. The number of nitrogens with zero attached hydrogens (tertiary/aromatic N) is 3. The van der Waals surface area contributed by atoms with Gasteiger partial charge >= 0.3 is 6.09 Å². The van der Waals surface area contributed by atoms with Gasteiger partial charge in [0.05, 0.1) is 13.7 Å². The molecule has 2 heterocycles. The van der Waals surface area contributed by atoms with Gasteiger partial charge in [0, 0.05) is 30.9 Å². The molecule has 28 heavy (non-hydrogen) atoms. The molecule has 1 saturated heterocycles. The fourth-order valence-electron chi connectivity index (χ4n) is 3.16. The smallest absolute Gasteiger partial charge is 0.409 e. The SMILES string of the molecule is CCOC(=O)N1CCC(Nc2cc(Nc3ccc(OC)cc3)nc(C)n2)CC1. The number of likely N-dealkylation sites (tertiary alicyclic amines) is 1. The molecule has 1 fully saturated rings. The number of nitrogens with one attached hydrogen (secondary N) is 2. The Morgan fingerprint density at radius 3 is 2.50 bits per heavy atom. The monoisotopic (exact) mass is 385 g/mol. The van der Waals surface area contributed by atoms with Crippen LogP contribution in [-0.4, -0.2) is 53.8 Å². The van der Waals surface area contributed by atoms with Gasteiger partial charge in [-0.25, -0.2) is 14.8 Å². The molecule has 1 aliphatic rings. The number of piperidine rings is 1. The van der Waals surface area contributed by atoms with Crippen molar-refractivity contribution in [1.29, 1.82) is 0 Å². The zero-order chi connectivity index (χ0) is 19.9. The third-order valence-corrected chi connectivity index (χ3v) is 4.57. The number of benzene rings is 1. The Kier molecular flexibility index (Phi) is 6.52. The first-order chi connectivity index (χ1) is 13.6. The number of hydrogen-bond donors (Lipinski definition) is 2. The van der Waals surface area contributed by atoms with Crippen LogP contribution in [0, 0.1) is 6.92 Å². The maximum absolute atomic E-state index is 11.8. The first kappa shape index (κ1) is 19.7. The third-order valence-electron chi connectivity index (χ3n) is 4.57. The summed E-state index contributed by atoms with van der Waals surface area (Å²) in [5.41, 5.74) is 0.924. The summed E-state index contributed by atoms with van der Waals surface area (Å²) in [6.07, 6.45) is 1.47. The minimum Gasteiger partial charge on any atom is -0.497 e. The molecule has 3 rings (SSSR count). The van der Waals surface area contributed by atoms with E-state index in [-0.39, 0.29) is 12.1 Å². The molecule has 1 aromatic carbocycles. The summed E-state index contributed by atoms with van der Waals surface area (Å²) >= 11 is 0. The lowest BCUT2D eigenvalue weighted by Gasteiger charge is -2.31. The maximum Gasteiger partial charge on any atom is 0.409 e. The lowest BCUT2D eigenvalue weighted by molar-refractivity contribution is 0.0983. The van der Waals surface area contributed by atoms with Gasteiger partial charge in [-0.05, 0) is 51.0 Å². The second kappa shape index (κ2) is 9.25. The van der Waals surface area contributed by atoms with E-state index in [0.717, 1.165) is 35.9 Å². The van der Waals surface area contributed by atoms with E-state index in [1.54, 1.807) is 12.0 Å². The summed E-state index contributed by atoms with van der Waals surface area (Å²) in [5, 5.41) is 6.76. The van der Waals surface area contributed by atoms with Crippen LogP contribution in [0.2, 0.25) is 0 Å². The zero-order valence-corrected chi connectivity index (χ0v) is 16.6. The lowest BCUT2D eigenvalue weighted by Crippen LogP contribution is -2.42. The second-order valence-corrected chi connectivity index (χ2v) is 6.64. The number of anilines is 3. The summed E-state index contributed by atoms with van der Waals surface area (Å²) in [5.74, 6) is 2.99. The quantitative estimate of drug-likeness (QED) is 0.786. The molecular formula is C20H27N5O3. The van der Waals surface area contributed by atoms with Crippen molar-refractivity contribution in [2.45, 2.75) is 32.7 Å². The molecule has 1 aliphatic heterocycles. The summed E-state index contributed by atoms with van der Waals surface area (Å²) in [7, 11) is 1.64. The average molecular weight is 385 g/mol. The van der Waals surface area contributed by atoms with E-state index in [1.165, 1.54) is 0 Å². The molecule has 8 nitrogen and oxygen atoms in total. The lowest BCUT2D eigenvalue weighted by atomic mass is 10.1. The highest BCUT2D eigenvalue weighted by Gasteiger charge is 2.23. The molecule has 0 unspecified atom stereocenters. The van der Waals surface area contributed by atoms with E-state index in [0.29, 0.717) is 25.5 Å². The number of rotatable bonds is 6. The van der Waals surface area contributed by atoms with E-state index in [9.17, 15) is 4.79 Å². The van der Waals surface area contributed by atoms with E-state index in [1.807, 2.05) is 44.2 Å². The Bertz CT molecular complexity index is 789. The van der Waals surface area contributed by atoms with Gasteiger partial charge < -0.3 is 25.0 Å². The molecule has 0 aliphatic carbocycles. The van der Waals surface area contributed by atoms with Crippen LogP contribution in [0.15, 0.2) is 30.3 Å². The van der Waals surface area contributed by atoms with E-state index >= 15 is 0 Å². The van der Waals surface area contributed by atoms with E-state index in [4.69, 9.17) is 9.47 Å². The molecule has 8 heteroatoms. The number of aryl methyl sites for hydroxylation is 1. The van der Waals surface area contributed by atoms with Gasteiger partial charge in [-0.2, -0.15) is 0 Å². The second-order valence-electron chi connectivity index (χ2n) is 6.64. The van der Waals surface area contributed by atoms with Crippen molar-refractivity contribution in [2.24, 2.45) is 0 Å². The fourth-order valence-corrected chi connectivity index (χ4v) is 3.16. The van der Waals surface area contributed by atoms with Gasteiger partial charge in [-0.1, -0.05) is 0 Å². The first-order valence-corrected chi connectivity index (χ1v) is 9.52. The van der Waals surface area contributed by atoms with Crippen molar-refractivity contribution >= 4 is 23.4 Å². The van der Waals surface area contributed by atoms with Gasteiger partial charge in [0.2, 0.25) is 0 Å². The van der Waals surface area contributed by atoms with Gasteiger partial charge in [0.15, 0.2) is 0 Å². The van der Waals surface area contributed by atoms with Crippen LogP contribution in [0.1, 0.15) is 25.6 Å². The summed E-state index contributed by atoms with van der Waals surface area (Å²) in [6.45, 7) is 5.45. The minimum atomic E-state index is -0.232. The van der Waals surface area contributed by atoms with E-state index in [2.05, 4.69) is 20.6 Å². The van der Waals surface area contributed by atoms with Crippen LogP contribution in [0.25, 0.3) is 0 Å². The topological polar surface area (TPSA) is 88.6 Å². The van der Waals surface area contributed by atoms with Gasteiger partial charge in [0.25, 0.3) is 0 Å². The highest BCUT2D eigenvalue weighted by Crippen LogP contribution is 2.22. The highest BCUT2D eigenvalue weighted by molar-refractivity contribution is 5.67. The molecule has 1 aromatic heterocycles. The molecule has 2 aromatic rings. The molecule has 0 radical (unpaired) electrons. The number of carbonyl (C=O) groups is 1. The number of carbonyl (C=O) groups excluding carboxylic acids is 1. The normalized spacial score (nSPS) is 14.5. The van der Waals surface area contributed by atoms with Crippen molar-refractivity contribution in [3.05, 3.63) is 36.2 Å². The number of methoxy groups -OCH3 is 1. The van der Waals surface area contributed by atoms with Crippen molar-refractivity contribution in [2.75, 3.05) is 37.4 Å². The molecule has 0 atom stereocenters. The van der Waals surface area contributed by atoms with Crippen molar-refractivity contribution in [3.8, 4) is 5.75 Å². The van der Waals surface area contributed by atoms with Gasteiger partial charge in [-0.3, -0.25) is 0 Å². The maximum atomic E-state index is 11.8. The Morgan fingerprint density at radius 1 is 1.18 bits per heavy atom. The Labute approximate surface area is 165 Å². The summed E-state index contributed by atoms with van der Waals surface area (Å²) in [4.78, 5) is 22.5. The molecule has 0 saturated carbocycles. The third kappa shape index (κ3) is 5.25. The zero-order valence-electron chi connectivity index (χ0n) is 16.6. The molecule has 150 valence electrons. The first-order valence-electron chi connectivity index (χ1n) is 9.52. The largest absolute Gasteiger partial charge is 0.497 e. The van der Waals surface area contributed by atoms with Crippen LogP contribution < -0.4 is 15.4 Å². The molecule has 2 N–H and O–H groups in total. The predicted octanol–water partition coefficient (Wildman–Crippen LogP) is 3.57. The average Bonchev–Trinajstić information content (AvgIpc) is 2.69. The van der Waals surface area contributed by atoms with Crippen LogP contribution in [0.3, 0.4) is 0 Å². The van der Waals surface area contributed by atoms with Crippen molar-refractivity contribution in [1.82, 2.24) is 14.9 Å². The number of amides is 1. The highest BCUT2D eigenvalue weighted by atomic mass is 16.6. The molecular weight excluding hydrogens is 358 g/mol. The molecule has 1 amide bonds. The van der Waals surface area contributed by atoms with Gasteiger partial charge in [0.1, 0.15) is 23.2 Å². The van der Waals surface area contributed by atoms with Gasteiger partial charge in [-0.15, -0.1) is 0 Å².